The Morgan fingerprint density at radius 3 is 1.34 bits per heavy atom. The van der Waals surface area contributed by atoms with Gasteiger partial charge in [-0.15, -0.1) is 0 Å². The van der Waals surface area contributed by atoms with E-state index in [1.165, 1.54) is 6.92 Å². The highest BCUT2D eigenvalue weighted by atomic mass is 16.8. The molecule has 4 amide bonds. The van der Waals surface area contributed by atoms with Gasteiger partial charge in [0.25, 0.3) is 5.79 Å². The van der Waals surface area contributed by atoms with Crippen LogP contribution in [0.2, 0.25) is 0 Å². The van der Waals surface area contributed by atoms with Crippen molar-refractivity contribution in [2.24, 2.45) is 0 Å². The van der Waals surface area contributed by atoms with Crippen LogP contribution in [-0.2, 0) is 95.0 Å². The van der Waals surface area contributed by atoms with Crippen molar-refractivity contribution in [3.05, 3.63) is 0 Å². The zero-order valence-electron chi connectivity index (χ0n) is 57.2. The van der Waals surface area contributed by atoms with Crippen molar-refractivity contribution >= 4 is 29.6 Å². The van der Waals surface area contributed by atoms with Gasteiger partial charge in [0.2, 0.25) is 23.6 Å². The summed E-state index contributed by atoms with van der Waals surface area (Å²) in [5, 5.41) is 263. The van der Waals surface area contributed by atoms with E-state index in [4.69, 9.17) is 71.1 Å². The molecule has 0 radical (unpaired) electrons. The second kappa shape index (κ2) is 37.5. The van der Waals surface area contributed by atoms with Gasteiger partial charge in [-0.1, -0.05) is 0 Å². The van der Waals surface area contributed by atoms with Gasteiger partial charge in [-0.3, -0.25) is 19.2 Å². The van der Waals surface area contributed by atoms with Gasteiger partial charge in [-0.05, 0) is 6.92 Å². The number of carbonyl (C=O) groups is 5. The Morgan fingerprint density at radius 2 is 0.821 bits per heavy atom. The van der Waals surface area contributed by atoms with E-state index in [1.807, 2.05) is 0 Å². The van der Waals surface area contributed by atoms with Crippen molar-refractivity contribution in [1.29, 1.82) is 0 Å². The van der Waals surface area contributed by atoms with Gasteiger partial charge in [0.05, 0.1) is 64.5 Å². The first-order valence-electron chi connectivity index (χ1n) is 33.6. The minimum Gasteiger partial charge on any atom is -0.477 e. The molecule has 0 saturated carbocycles. The molecule has 8 aliphatic rings. The van der Waals surface area contributed by atoms with Crippen molar-refractivity contribution in [2.45, 2.75) is 292 Å². The highest BCUT2D eigenvalue weighted by Gasteiger charge is 2.63. The van der Waals surface area contributed by atoms with Crippen LogP contribution in [0.25, 0.3) is 0 Å². The summed E-state index contributed by atoms with van der Waals surface area (Å²) >= 11 is 0. The lowest BCUT2D eigenvalue weighted by Crippen LogP contribution is -2.71. The van der Waals surface area contributed by atoms with E-state index in [1.54, 1.807) is 0 Å². The van der Waals surface area contributed by atoms with Crippen molar-refractivity contribution in [1.82, 2.24) is 21.3 Å². The molecule has 8 aliphatic heterocycles. The number of ether oxygens (including phenoxy) is 15. The van der Waals surface area contributed by atoms with E-state index in [9.17, 15) is 141 Å². The van der Waals surface area contributed by atoms with E-state index >= 15 is 0 Å². The number of carboxylic acid groups (broad SMARTS) is 1. The Hall–Kier alpha value is -4.13. The van der Waals surface area contributed by atoms with Gasteiger partial charge in [-0.2, -0.15) is 0 Å². The van der Waals surface area contributed by atoms with Gasteiger partial charge >= 0.3 is 5.97 Å². The lowest BCUT2D eigenvalue weighted by atomic mass is 9.88. The minimum absolute atomic E-state index is 0.851. The molecule has 0 spiro atoms. The highest BCUT2D eigenvalue weighted by molar-refractivity contribution is 5.77. The number of aliphatic hydroxyl groups is 22. The van der Waals surface area contributed by atoms with Gasteiger partial charge in [0.1, 0.15) is 183 Å². The monoisotopic (exact) mass is 1550 g/mol. The van der Waals surface area contributed by atoms with Gasteiger partial charge in [0, 0.05) is 34.1 Å². The van der Waals surface area contributed by atoms with Crippen molar-refractivity contribution in [2.75, 3.05) is 46.2 Å². The molecule has 0 aromatic rings. The summed E-state index contributed by atoms with van der Waals surface area (Å²) in [5.74, 6) is -8.95. The van der Waals surface area contributed by atoms with E-state index in [2.05, 4.69) is 21.3 Å². The number of carbonyl (C=O) groups excluding carboxylic acids is 4. The van der Waals surface area contributed by atoms with E-state index in [0.717, 1.165) is 27.7 Å². The Kier molecular flexibility index (Phi) is 30.9. The number of hydrogen-bond donors (Lipinski definition) is 27. The molecule has 106 heavy (non-hydrogen) atoms. The third-order valence-corrected chi connectivity index (χ3v) is 19.2. The molecule has 8 rings (SSSR count). The molecule has 47 heteroatoms. The third-order valence-electron chi connectivity index (χ3n) is 19.2. The summed E-state index contributed by atoms with van der Waals surface area (Å²) in [6.45, 7) is -2.53. The van der Waals surface area contributed by atoms with Crippen molar-refractivity contribution < 1.29 is 212 Å². The average Bonchev–Trinajstić information content (AvgIpc) is 0.757. The van der Waals surface area contributed by atoms with E-state index < -0.39 is 333 Å². The Bertz CT molecular complexity index is 2860. The first kappa shape index (κ1) is 87.4. The number of amides is 4. The molecule has 0 aromatic heterocycles. The molecule has 47 nitrogen and oxygen atoms in total. The summed E-state index contributed by atoms with van der Waals surface area (Å²) in [6.07, 6.45) is -74.2. The summed E-state index contributed by atoms with van der Waals surface area (Å²) in [6, 6.07) is -7.29. The molecule has 8 heterocycles. The predicted octanol–water partition coefficient (Wildman–Crippen LogP) is -17.6. The van der Waals surface area contributed by atoms with Gasteiger partial charge in [0.15, 0.2) is 44.0 Å². The zero-order valence-corrected chi connectivity index (χ0v) is 57.2. The Morgan fingerprint density at radius 1 is 0.406 bits per heavy atom. The van der Waals surface area contributed by atoms with Crippen molar-refractivity contribution in [3.8, 4) is 0 Å². The van der Waals surface area contributed by atoms with E-state index in [-0.39, 0.29) is 0 Å². The van der Waals surface area contributed by atoms with Crippen molar-refractivity contribution in [3.63, 3.8) is 0 Å². The topological polar surface area (TPSA) is 737 Å². The van der Waals surface area contributed by atoms with E-state index in [0.29, 0.717) is 0 Å². The van der Waals surface area contributed by atoms with Gasteiger partial charge in [-0.25, -0.2) is 4.79 Å². The van der Waals surface area contributed by atoms with Crippen LogP contribution >= 0.6 is 0 Å². The first-order chi connectivity index (χ1) is 49.9. The fourth-order valence-electron chi connectivity index (χ4n) is 13.6. The number of aliphatic hydroxyl groups excluding tert-OH is 22. The normalized spacial score (nSPS) is 47.2. The minimum atomic E-state index is -3.25. The SMILES string of the molecule is CC(=O)N[C@H]1[C@H](OC[C@H]2OC(O)[C@H](NC(C)=O)[C@@H](O[C@@H]3O[C@H](CO)[C@H](O)[C@H](O[C@]4(C(=O)O)C[C@H](O)[C@@H](NC(C)=O)[C@H]([C@H](O)[C@H](O)CO)O4)[C@H]3O)[C@H]2O)O[C@H](CO)[C@@H](O[C@@H]2O[C@H](CO)[C@H](O)[C@H](O[C@@H]3O[C@H](CO)[C@@H](O[C@@H]4O[C@H](CO)[C@H](O)[C@H](O)[C@H]4O[C@@H]4O[C@@H](C)[C@@H](O)[C@@H](O)[C@@H]4O)[C@H](O)[C@H]3NC(C)=O)[C@H]2O)[C@@H]1O. The maximum Gasteiger partial charge on any atom is 0.364 e. The summed E-state index contributed by atoms with van der Waals surface area (Å²) < 4.78 is 87.2. The number of carboxylic acids is 1. The molecule has 27 N–H and O–H groups in total. The smallest absolute Gasteiger partial charge is 0.364 e. The Balaban J connectivity index is 0.984. The molecular formula is C59H98N4O43. The molecule has 0 aromatic carbocycles. The summed E-state index contributed by atoms with van der Waals surface area (Å²) in [5.41, 5.74) is 0. The molecule has 1 unspecified atom stereocenters. The fraction of sp³-hybridized carbons (Fsp3) is 0.915. The quantitative estimate of drug-likeness (QED) is 0.0346. The molecule has 41 atom stereocenters. The highest BCUT2D eigenvalue weighted by Crippen LogP contribution is 2.41. The molecule has 8 fully saturated rings. The van der Waals surface area contributed by atoms with Crippen LogP contribution in [-0.4, -0.2) is 444 Å². The number of rotatable bonds is 28. The average molecular weight is 1550 g/mol. The maximum atomic E-state index is 13.1. The van der Waals surface area contributed by atoms with Crippen LogP contribution < -0.4 is 21.3 Å². The van der Waals surface area contributed by atoms with Crippen LogP contribution in [0.3, 0.4) is 0 Å². The number of nitrogens with one attached hydrogen (secondary N) is 4. The Labute approximate surface area is 600 Å². The van der Waals surface area contributed by atoms with Crippen LogP contribution in [0, 0.1) is 0 Å². The molecule has 0 bridgehead atoms. The lowest BCUT2D eigenvalue weighted by Gasteiger charge is -2.51. The summed E-state index contributed by atoms with van der Waals surface area (Å²) in [7, 11) is 0. The maximum absolute atomic E-state index is 13.1. The fourth-order valence-corrected chi connectivity index (χ4v) is 13.6. The summed E-state index contributed by atoms with van der Waals surface area (Å²) in [4.78, 5) is 63.6. The van der Waals surface area contributed by atoms with Crippen LogP contribution in [0.15, 0.2) is 0 Å². The van der Waals surface area contributed by atoms with Crippen LogP contribution in [0.4, 0.5) is 0 Å². The third kappa shape index (κ3) is 19.1. The number of hydrogen-bond acceptors (Lipinski definition) is 42. The number of aliphatic carboxylic acids is 1. The van der Waals surface area contributed by atoms with Gasteiger partial charge < -0.3 is 210 Å². The standard InChI is InChI=1S/C59H98N4O43/c1-14-31(76)39(84)41(86)54(93-14)104-50-40(85)33(78)21(8-65)97-57(50)101-45-25(12-69)99-53(29(38(45)83)62-17(4)72)103-48-34(79)22(9-66)95-55(42(48)87)100-44-24(11-68)98-52(28(37(44)82)61-16(3)71)92-13-26-36(81)46(30(51(89)94-26)63-18(5)73)102-56-43(88)49(35(80)23(10-67)96-56)106-59(58(90)91)6-19(74)27(60-15(2)70)47(105-59)32(77)20(75)7-64/h14,19-57,64-69,74-89H,6-13H2,1-5H3,(H,60,70)(H,61,71)(H,62,72)(H,63,73)(H,90,91)/t14-,19-,20+,21+,22+,23+,24+,25+,26+,27+,28+,29+,30+,31+,32+,33-,34-,35-,36-,37+,38+,39+,40-,41-,42+,43+,44+,45+,46+,47+,48-,49-,50+,51?,52+,53-,54-,55-,56-,57-,59-/m0/s1. The second-order valence-corrected chi connectivity index (χ2v) is 26.8. The molecule has 8 saturated heterocycles. The lowest BCUT2D eigenvalue weighted by molar-refractivity contribution is -0.390. The molecule has 612 valence electrons. The largest absolute Gasteiger partial charge is 0.477 e. The molecule has 0 aliphatic carbocycles. The van der Waals surface area contributed by atoms with Crippen LogP contribution in [0.1, 0.15) is 41.0 Å². The first-order valence-corrected chi connectivity index (χ1v) is 33.6. The molecular weight excluding hydrogens is 1450 g/mol. The second-order valence-electron chi connectivity index (χ2n) is 26.8. The predicted molar refractivity (Wildman–Crippen MR) is 327 cm³/mol. The van der Waals surface area contributed by atoms with Crippen LogP contribution in [0.5, 0.6) is 0 Å². The zero-order chi connectivity index (χ0) is 78.6.